The van der Waals surface area contributed by atoms with Crippen LogP contribution >= 0.6 is 11.6 Å². The van der Waals surface area contributed by atoms with E-state index in [4.69, 9.17) is 30.5 Å². The third-order valence-corrected chi connectivity index (χ3v) is 3.86. The number of carbonyl (C=O) groups excluding carboxylic acids is 2. The Morgan fingerprint density at radius 1 is 0.926 bits per heavy atom. The summed E-state index contributed by atoms with van der Waals surface area (Å²) in [6.07, 6.45) is 0. The molecule has 2 rings (SSSR count). The highest BCUT2D eigenvalue weighted by Gasteiger charge is 2.20. The summed E-state index contributed by atoms with van der Waals surface area (Å²) in [7, 11) is 4.18. The van der Waals surface area contributed by atoms with Gasteiger partial charge in [0.05, 0.1) is 31.9 Å². The van der Waals surface area contributed by atoms with E-state index in [1.807, 2.05) is 0 Å². The minimum atomic E-state index is -1.26. The molecule has 0 fully saturated rings. The van der Waals surface area contributed by atoms with Crippen molar-refractivity contribution in [3.63, 3.8) is 0 Å². The molecule has 0 saturated heterocycles. The number of esters is 1. The Kier molecular flexibility index (Phi) is 6.57. The van der Waals surface area contributed by atoms with Crippen molar-refractivity contribution < 1.29 is 37.3 Å². The van der Waals surface area contributed by atoms with Gasteiger partial charge in [0.15, 0.2) is 29.7 Å². The second kappa shape index (κ2) is 8.68. The van der Waals surface area contributed by atoms with Crippen LogP contribution in [-0.4, -0.2) is 39.7 Å². The van der Waals surface area contributed by atoms with Crippen molar-refractivity contribution in [3.05, 3.63) is 52.0 Å². The fourth-order valence-electron chi connectivity index (χ4n) is 2.21. The van der Waals surface area contributed by atoms with Crippen LogP contribution in [0.5, 0.6) is 17.2 Å². The number of ketones is 1. The topological polar surface area (TPSA) is 71.1 Å². The quantitative estimate of drug-likeness (QED) is 0.401. The van der Waals surface area contributed by atoms with Crippen LogP contribution in [0, 0.1) is 11.6 Å². The number of halogens is 3. The van der Waals surface area contributed by atoms with E-state index in [2.05, 4.69) is 0 Å². The largest absolute Gasteiger partial charge is 0.493 e. The van der Waals surface area contributed by atoms with E-state index in [1.54, 1.807) is 0 Å². The third-order valence-electron chi connectivity index (χ3n) is 3.55. The lowest BCUT2D eigenvalue weighted by Crippen LogP contribution is -2.15. The highest BCUT2D eigenvalue weighted by atomic mass is 35.5. The molecule has 0 aliphatic carbocycles. The van der Waals surface area contributed by atoms with Gasteiger partial charge >= 0.3 is 5.97 Å². The fourth-order valence-corrected chi connectivity index (χ4v) is 2.44. The van der Waals surface area contributed by atoms with Crippen LogP contribution in [-0.2, 0) is 4.74 Å². The number of carbonyl (C=O) groups is 2. The SMILES string of the molecule is COc1cc(C(=O)COC(=O)c2cc(F)c(F)cc2Cl)cc(OC)c1OC. The van der Waals surface area contributed by atoms with E-state index in [0.717, 1.165) is 0 Å². The van der Waals surface area contributed by atoms with Gasteiger partial charge in [-0.05, 0) is 24.3 Å². The second-order valence-corrected chi connectivity index (χ2v) is 5.57. The highest BCUT2D eigenvalue weighted by molar-refractivity contribution is 6.33. The van der Waals surface area contributed by atoms with Crippen molar-refractivity contribution in [1.29, 1.82) is 0 Å². The normalized spacial score (nSPS) is 10.3. The monoisotopic (exact) mass is 400 g/mol. The van der Waals surface area contributed by atoms with Gasteiger partial charge in [-0.3, -0.25) is 4.79 Å². The predicted octanol–water partition coefficient (Wildman–Crippen LogP) is 3.68. The molecule has 0 aromatic heterocycles. The number of hydrogen-bond acceptors (Lipinski definition) is 6. The first kappa shape index (κ1) is 20.4. The summed E-state index contributed by atoms with van der Waals surface area (Å²) in [5.74, 6) is -3.33. The Morgan fingerprint density at radius 2 is 1.48 bits per heavy atom. The lowest BCUT2D eigenvalue weighted by Gasteiger charge is -2.13. The standard InChI is InChI=1S/C18H15ClF2O6/c1-24-15-4-9(5-16(25-2)17(15)26-3)14(22)8-27-18(23)10-6-12(20)13(21)7-11(10)19/h4-7H,8H2,1-3H3. The van der Waals surface area contributed by atoms with Crippen LogP contribution in [0.15, 0.2) is 24.3 Å². The van der Waals surface area contributed by atoms with Gasteiger partial charge in [0.25, 0.3) is 0 Å². The first-order valence-corrected chi connectivity index (χ1v) is 7.85. The molecule has 0 atom stereocenters. The minimum absolute atomic E-state index is 0.133. The average molecular weight is 401 g/mol. The minimum Gasteiger partial charge on any atom is -0.493 e. The van der Waals surface area contributed by atoms with Gasteiger partial charge in [0.1, 0.15) is 0 Å². The lowest BCUT2D eigenvalue weighted by atomic mass is 10.1. The number of methoxy groups -OCH3 is 3. The number of rotatable bonds is 7. The summed E-state index contributed by atoms with van der Waals surface area (Å²) in [5.41, 5.74) is -0.262. The average Bonchev–Trinajstić information content (AvgIpc) is 2.67. The Labute approximate surface area is 158 Å². The Morgan fingerprint density at radius 3 is 2.00 bits per heavy atom. The van der Waals surface area contributed by atoms with E-state index >= 15 is 0 Å². The fraction of sp³-hybridized carbons (Fsp3) is 0.222. The Hall–Kier alpha value is -2.87. The van der Waals surface area contributed by atoms with Gasteiger partial charge < -0.3 is 18.9 Å². The maximum Gasteiger partial charge on any atom is 0.340 e. The number of benzene rings is 2. The van der Waals surface area contributed by atoms with Crippen molar-refractivity contribution in [2.45, 2.75) is 0 Å². The summed E-state index contributed by atoms with van der Waals surface area (Å²) in [6, 6.07) is 4.03. The molecule has 144 valence electrons. The number of Topliss-reactive ketones (excluding diaryl/α,β-unsaturated/α-hetero) is 1. The molecule has 0 bridgehead atoms. The second-order valence-electron chi connectivity index (χ2n) is 5.16. The van der Waals surface area contributed by atoms with Crippen molar-refractivity contribution in [3.8, 4) is 17.2 Å². The first-order chi connectivity index (χ1) is 12.8. The van der Waals surface area contributed by atoms with Crippen LogP contribution in [0.25, 0.3) is 0 Å². The molecular formula is C18H15ClF2O6. The molecule has 2 aromatic carbocycles. The molecule has 6 nitrogen and oxygen atoms in total. The summed E-state index contributed by atoms with van der Waals surface area (Å²) in [4.78, 5) is 24.3. The summed E-state index contributed by atoms with van der Waals surface area (Å²) < 4.78 is 46.6. The van der Waals surface area contributed by atoms with Gasteiger partial charge in [-0.25, -0.2) is 13.6 Å². The van der Waals surface area contributed by atoms with Crippen molar-refractivity contribution in [2.75, 3.05) is 27.9 Å². The molecular weight excluding hydrogens is 386 g/mol. The molecule has 0 unspecified atom stereocenters. The van der Waals surface area contributed by atoms with E-state index in [1.165, 1.54) is 33.5 Å². The molecule has 27 heavy (non-hydrogen) atoms. The van der Waals surface area contributed by atoms with E-state index < -0.39 is 35.6 Å². The third kappa shape index (κ3) is 4.46. The van der Waals surface area contributed by atoms with Crippen LogP contribution in [0.2, 0.25) is 5.02 Å². The molecule has 0 spiro atoms. The molecule has 9 heteroatoms. The molecule has 0 aliphatic rings. The summed E-state index contributed by atoms with van der Waals surface area (Å²) in [5, 5.41) is -0.334. The molecule has 0 radical (unpaired) electrons. The van der Waals surface area contributed by atoms with Gasteiger partial charge in [0.2, 0.25) is 11.5 Å². The van der Waals surface area contributed by atoms with Crippen LogP contribution in [0.3, 0.4) is 0 Å². The van der Waals surface area contributed by atoms with Gasteiger partial charge in [-0.1, -0.05) is 11.6 Å². The number of ether oxygens (including phenoxy) is 4. The molecule has 2 aromatic rings. The van der Waals surface area contributed by atoms with Crippen LogP contribution < -0.4 is 14.2 Å². The van der Waals surface area contributed by atoms with Crippen molar-refractivity contribution >= 4 is 23.4 Å². The predicted molar refractivity (Wildman–Crippen MR) is 92.1 cm³/mol. The highest BCUT2D eigenvalue weighted by Crippen LogP contribution is 2.38. The molecule has 0 aliphatic heterocycles. The molecule has 0 saturated carbocycles. The van der Waals surface area contributed by atoms with E-state index in [0.29, 0.717) is 17.9 Å². The maximum absolute atomic E-state index is 13.3. The zero-order valence-electron chi connectivity index (χ0n) is 14.6. The molecule has 0 amide bonds. The van der Waals surface area contributed by atoms with Gasteiger partial charge in [-0.15, -0.1) is 0 Å². The van der Waals surface area contributed by atoms with Crippen LogP contribution in [0.1, 0.15) is 20.7 Å². The zero-order valence-corrected chi connectivity index (χ0v) is 15.4. The van der Waals surface area contributed by atoms with Crippen LogP contribution in [0.4, 0.5) is 8.78 Å². The van der Waals surface area contributed by atoms with Crippen molar-refractivity contribution in [2.24, 2.45) is 0 Å². The van der Waals surface area contributed by atoms with Gasteiger partial charge in [-0.2, -0.15) is 0 Å². The Balaban J connectivity index is 2.18. The smallest absolute Gasteiger partial charge is 0.340 e. The molecule has 0 heterocycles. The van der Waals surface area contributed by atoms with Crippen molar-refractivity contribution in [1.82, 2.24) is 0 Å². The summed E-state index contributed by atoms with van der Waals surface area (Å²) >= 11 is 5.70. The van der Waals surface area contributed by atoms with E-state index in [9.17, 15) is 18.4 Å². The lowest BCUT2D eigenvalue weighted by molar-refractivity contribution is 0.0474. The number of hydrogen-bond donors (Lipinski definition) is 0. The van der Waals surface area contributed by atoms with E-state index in [-0.39, 0.29) is 22.1 Å². The zero-order chi connectivity index (χ0) is 20.1. The van der Waals surface area contributed by atoms with Gasteiger partial charge in [0, 0.05) is 5.56 Å². The first-order valence-electron chi connectivity index (χ1n) is 7.47. The Bertz CT molecular complexity index is 859. The molecule has 0 N–H and O–H groups in total. The summed E-state index contributed by atoms with van der Waals surface area (Å²) in [6.45, 7) is -0.660. The maximum atomic E-state index is 13.3.